The van der Waals surface area contributed by atoms with E-state index in [1.807, 2.05) is 30.5 Å². The standard InChI is InChI=1S/C13H16O2S/c1-16-12-7-3-2-6-11(12)13(14)10-5-4-8-15-9-10/h2-3,6-7,9,13-14H,4-5,8H2,1H3. The highest BCUT2D eigenvalue weighted by Gasteiger charge is 2.18. The van der Waals surface area contributed by atoms with Crippen molar-refractivity contribution in [3.05, 3.63) is 41.7 Å². The van der Waals surface area contributed by atoms with Crippen molar-refractivity contribution >= 4 is 11.8 Å². The molecule has 1 heterocycles. The lowest BCUT2D eigenvalue weighted by Gasteiger charge is -2.20. The van der Waals surface area contributed by atoms with Gasteiger partial charge in [0.25, 0.3) is 0 Å². The summed E-state index contributed by atoms with van der Waals surface area (Å²) >= 11 is 1.66. The highest BCUT2D eigenvalue weighted by Crippen LogP contribution is 2.32. The average Bonchev–Trinajstić information content (AvgIpc) is 2.39. The zero-order chi connectivity index (χ0) is 11.4. The van der Waals surface area contributed by atoms with E-state index in [4.69, 9.17) is 4.74 Å². The van der Waals surface area contributed by atoms with Crippen molar-refractivity contribution in [2.75, 3.05) is 12.9 Å². The Kier molecular flexibility index (Phi) is 3.91. The third-order valence-corrected chi connectivity index (χ3v) is 3.56. The van der Waals surface area contributed by atoms with E-state index in [9.17, 15) is 5.11 Å². The quantitative estimate of drug-likeness (QED) is 0.818. The van der Waals surface area contributed by atoms with Crippen LogP contribution in [0.1, 0.15) is 24.5 Å². The van der Waals surface area contributed by atoms with Gasteiger partial charge < -0.3 is 9.84 Å². The fraction of sp³-hybridized carbons (Fsp3) is 0.385. The molecule has 1 atom stereocenters. The molecule has 1 N–H and O–H groups in total. The second kappa shape index (κ2) is 5.41. The molecule has 1 aromatic carbocycles. The summed E-state index contributed by atoms with van der Waals surface area (Å²) < 4.78 is 5.27. The highest BCUT2D eigenvalue weighted by molar-refractivity contribution is 7.98. The number of aliphatic hydroxyl groups excluding tert-OH is 1. The van der Waals surface area contributed by atoms with Crippen LogP contribution in [0, 0.1) is 0 Å². The average molecular weight is 236 g/mol. The molecule has 0 amide bonds. The van der Waals surface area contributed by atoms with Crippen LogP contribution < -0.4 is 0 Å². The van der Waals surface area contributed by atoms with Crippen LogP contribution in [0.25, 0.3) is 0 Å². The maximum absolute atomic E-state index is 10.3. The molecular weight excluding hydrogens is 220 g/mol. The third-order valence-electron chi connectivity index (χ3n) is 2.75. The predicted octanol–water partition coefficient (Wildman–Crippen LogP) is 3.14. The molecule has 0 fully saturated rings. The number of ether oxygens (including phenoxy) is 1. The smallest absolute Gasteiger partial charge is 0.104 e. The minimum absolute atomic E-state index is 0.524. The Labute approximate surface area is 100 Å². The maximum Gasteiger partial charge on any atom is 0.104 e. The summed E-state index contributed by atoms with van der Waals surface area (Å²) in [6.07, 6.45) is 5.13. The van der Waals surface area contributed by atoms with Gasteiger partial charge in [0.2, 0.25) is 0 Å². The monoisotopic (exact) mass is 236 g/mol. The first kappa shape index (κ1) is 11.6. The number of thioether (sulfide) groups is 1. The number of aliphatic hydroxyl groups is 1. The van der Waals surface area contributed by atoms with Crippen molar-refractivity contribution in [3.8, 4) is 0 Å². The van der Waals surface area contributed by atoms with E-state index >= 15 is 0 Å². The minimum Gasteiger partial charge on any atom is -0.501 e. The van der Waals surface area contributed by atoms with Gasteiger partial charge in [0, 0.05) is 4.90 Å². The zero-order valence-corrected chi connectivity index (χ0v) is 10.2. The van der Waals surface area contributed by atoms with Crippen LogP contribution in [0.15, 0.2) is 41.0 Å². The first-order valence-corrected chi connectivity index (χ1v) is 6.67. The van der Waals surface area contributed by atoms with Crippen molar-refractivity contribution in [1.82, 2.24) is 0 Å². The van der Waals surface area contributed by atoms with Crippen molar-refractivity contribution < 1.29 is 9.84 Å². The van der Waals surface area contributed by atoms with Gasteiger partial charge in [-0.05, 0) is 36.3 Å². The fourth-order valence-electron chi connectivity index (χ4n) is 1.88. The van der Waals surface area contributed by atoms with Crippen molar-refractivity contribution in [2.45, 2.75) is 23.8 Å². The van der Waals surface area contributed by atoms with E-state index in [1.165, 1.54) is 0 Å². The van der Waals surface area contributed by atoms with Gasteiger partial charge >= 0.3 is 0 Å². The van der Waals surface area contributed by atoms with Gasteiger partial charge in [0.1, 0.15) is 6.10 Å². The topological polar surface area (TPSA) is 29.5 Å². The third kappa shape index (κ3) is 2.42. The summed E-state index contributed by atoms with van der Waals surface area (Å²) in [4.78, 5) is 1.13. The second-order valence-corrected chi connectivity index (χ2v) is 4.66. The van der Waals surface area contributed by atoms with Crippen LogP contribution in [0.4, 0.5) is 0 Å². The van der Waals surface area contributed by atoms with Crippen molar-refractivity contribution in [1.29, 1.82) is 0 Å². The lowest BCUT2D eigenvalue weighted by Crippen LogP contribution is -2.08. The molecule has 1 aliphatic heterocycles. The van der Waals surface area contributed by atoms with E-state index in [0.717, 1.165) is 35.5 Å². The Bertz CT molecular complexity index is 387. The number of benzene rings is 1. The van der Waals surface area contributed by atoms with E-state index in [1.54, 1.807) is 18.0 Å². The van der Waals surface area contributed by atoms with Gasteiger partial charge in [-0.25, -0.2) is 0 Å². The van der Waals surface area contributed by atoms with Gasteiger partial charge in [-0.1, -0.05) is 18.2 Å². The Morgan fingerprint density at radius 3 is 2.88 bits per heavy atom. The van der Waals surface area contributed by atoms with Crippen molar-refractivity contribution in [3.63, 3.8) is 0 Å². The van der Waals surface area contributed by atoms with Crippen LogP contribution in [0.5, 0.6) is 0 Å². The predicted molar refractivity (Wildman–Crippen MR) is 66.5 cm³/mol. The van der Waals surface area contributed by atoms with Crippen LogP contribution in [-0.4, -0.2) is 18.0 Å². The molecule has 2 nitrogen and oxygen atoms in total. The molecule has 1 unspecified atom stereocenters. The molecule has 0 spiro atoms. The van der Waals surface area contributed by atoms with Crippen LogP contribution in [0.2, 0.25) is 0 Å². The molecular formula is C13H16O2S. The number of rotatable bonds is 3. The summed E-state index contributed by atoms with van der Waals surface area (Å²) in [5.41, 5.74) is 1.96. The van der Waals surface area contributed by atoms with Gasteiger partial charge in [-0.2, -0.15) is 0 Å². The maximum atomic E-state index is 10.3. The molecule has 0 aromatic heterocycles. The Hall–Kier alpha value is -0.930. The highest BCUT2D eigenvalue weighted by atomic mass is 32.2. The summed E-state index contributed by atoms with van der Waals surface area (Å²) in [5, 5.41) is 10.3. The zero-order valence-electron chi connectivity index (χ0n) is 9.35. The van der Waals surface area contributed by atoms with E-state index in [-0.39, 0.29) is 0 Å². The largest absolute Gasteiger partial charge is 0.501 e. The molecule has 0 aliphatic carbocycles. The number of hydrogen-bond acceptors (Lipinski definition) is 3. The molecule has 16 heavy (non-hydrogen) atoms. The molecule has 1 aliphatic rings. The molecule has 0 radical (unpaired) electrons. The Balaban J connectivity index is 2.25. The molecule has 2 rings (SSSR count). The van der Waals surface area contributed by atoms with E-state index in [0.29, 0.717) is 0 Å². The molecule has 0 bridgehead atoms. The summed E-state index contributed by atoms with van der Waals surface area (Å²) in [6, 6.07) is 7.97. The van der Waals surface area contributed by atoms with Gasteiger partial charge in [0.15, 0.2) is 0 Å². The van der Waals surface area contributed by atoms with Crippen molar-refractivity contribution in [2.24, 2.45) is 0 Å². The molecule has 86 valence electrons. The summed E-state index contributed by atoms with van der Waals surface area (Å²) in [6.45, 7) is 0.764. The lowest BCUT2D eigenvalue weighted by atomic mass is 9.98. The van der Waals surface area contributed by atoms with Crippen LogP contribution in [0.3, 0.4) is 0 Å². The van der Waals surface area contributed by atoms with E-state index in [2.05, 4.69) is 0 Å². The van der Waals surface area contributed by atoms with Crippen LogP contribution >= 0.6 is 11.8 Å². The van der Waals surface area contributed by atoms with Gasteiger partial charge in [-0.3, -0.25) is 0 Å². The summed E-state index contributed by atoms with van der Waals surface area (Å²) in [5.74, 6) is 0. The molecule has 0 saturated carbocycles. The Morgan fingerprint density at radius 2 is 2.19 bits per heavy atom. The SMILES string of the molecule is CSc1ccccc1C(O)C1=COCCC1. The van der Waals surface area contributed by atoms with Gasteiger partial charge in [0.05, 0.1) is 12.9 Å². The second-order valence-electron chi connectivity index (χ2n) is 3.81. The van der Waals surface area contributed by atoms with E-state index < -0.39 is 6.10 Å². The molecule has 3 heteroatoms. The first-order chi connectivity index (χ1) is 7.83. The number of hydrogen-bond donors (Lipinski definition) is 1. The minimum atomic E-state index is -0.524. The lowest BCUT2D eigenvalue weighted by molar-refractivity contribution is 0.169. The van der Waals surface area contributed by atoms with Gasteiger partial charge in [-0.15, -0.1) is 11.8 Å². The van der Waals surface area contributed by atoms with Crippen LogP contribution in [-0.2, 0) is 4.74 Å². The normalized spacial score (nSPS) is 17.5. The molecule has 0 saturated heterocycles. The molecule has 1 aromatic rings. The summed E-state index contributed by atoms with van der Waals surface area (Å²) in [7, 11) is 0. The first-order valence-electron chi connectivity index (χ1n) is 5.44. The fourth-order valence-corrected chi connectivity index (χ4v) is 2.51. The Morgan fingerprint density at radius 1 is 1.38 bits per heavy atom.